The van der Waals surface area contributed by atoms with Crippen LogP contribution in [0.15, 0.2) is 53.5 Å². The maximum absolute atomic E-state index is 5.46. The van der Waals surface area contributed by atoms with Gasteiger partial charge in [-0.25, -0.2) is 9.98 Å². The van der Waals surface area contributed by atoms with Crippen LogP contribution in [0.3, 0.4) is 0 Å². The molecular weight excluding hydrogens is 380 g/mol. The van der Waals surface area contributed by atoms with Gasteiger partial charge in [0, 0.05) is 31.3 Å². The van der Waals surface area contributed by atoms with E-state index in [1.165, 1.54) is 0 Å². The molecule has 0 saturated heterocycles. The van der Waals surface area contributed by atoms with Crippen molar-refractivity contribution in [3.63, 3.8) is 0 Å². The molecule has 0 fully saturated rings. The zero-order valence-electron chi connectivity index (χ0n) is 17.8. The van der Waals surface area contributed by atoms with E-state index in [1.54, 1.807) is 14.2 Å². The van der Waals surface area contributed by atoms with Crippen molar-refractivity contribution in [2.45, 2.75) is 20.0 Å². The van der Waals surface area contributed by atoms with E-state index in [2.05, 4.69) is 31.5 Å². The molecule has 2 N–H and O–H groups in total. The van der Waals surface area contributed by atoms with Gasteiger partial charge in [-0.3, -0.25) is 5.10 Å². The summed E-state index contributed by atoms with van der Waals surface area (Å²) in [6.45, 7) is 3.87. The second-order valence-corrected chi connectivity index (χ2v) is 6.67. The minimum absolute atomic E-state index is 0.391. The zero-order chi connectivity index (χ0) is 21.3. The van der Waals surface area contributed by atoms with Gasteiger partial charge in [0.25, 0.3) is 0 Å². The molecule has 0 spiro atoms. The number of hydrogen-bond donors (Lipinski definition) is 2. The number of ether oxygens (including phenoxy) is 2. The monoisotopic (exact) mass is 408 g/mol. The SMILES string of the molecule is CCNC(=NCc1nc(-c2ccc(OC)cc2)n[nH]1)N(C)Cc1ccccc1OC. The molecule has 0 aliphatic heterocycles. The van der Waals surface area contributed by atoms with Crippen LogP contribution >= 0.6 is 0 Å². The minimum atomic E-state index is 0.391. The summed E-state index contributed by atoms with van der Waals surface area (Å²) in [4.78, 5) is 11.3. The third kappa shape index (κ3) is 5.28. The maximum atomic E-state index is 5.46. The molecule has 3 rings (SSSR count). The summed E-state index contributed by atoms with van der Waals surface area (Å²) in [6.07, 6.45) is 0. The van der Waals surface area contributed by atoms with Crippen molar-refractivity contribution in [3.05, 3.63) is 59.9 Å². The minimum Gasteiger partial charge on any atom is -0.497 e. The van der Waals surface area contributed by atoms with Crippen molar-refractivity contribution >= 4 is 5.96 Å². The van der Waals surface area contributed by atoms with Crippen LogP contribution < -0.4 is 14.8 Å². The molecular formula is C22H28N6O2. The van der Waals surface area contributed by atoms with Crippen molar-refractivity contribution < 1.29 is 9.47 Å². The van der Waals surface area contributed by atoms with Crippen LogP contribution in [-0.2, 0) is 13.1 Å². The van der Waals surface area contributed by atoms with Gasteiger partial charge < -0.3 is 19.7 Å². The highest BCUT2D eigenvalue weighted by atomic mass is 16.5. The average Bonchev–Trinajstić information content (AvgIpc) is 3.26. The molecule has 0 unspecified atom stereocenters. The molecule has 8 nitrogen and oxygen atoms in total. The number of rotatable bonds is 8. The van der Waals surface area contributed by atoms with Gasteiger partial charge in [-0.15, -0.1) is 0 Å². The van der Waals surface area contributed by atoms with Crippen molar-refractivity contribution in [2.75, 3.05) is 27.8 Å². The summed E-state index contributed by atoms with van der Waals surface area (Å²) in [5.41, 5.74) is 2.01. The zero-order valence-corrected chi connectivity index (χ0v) is 17.8. The van der Waals surface area contributed by atoms with Crippen LogP contribution in [0, 0.1) is 0 Å². The summed E-state index contributed by atoms with van der Waals surface area (Å²) < 4.78 is 10.6. The number of guanidine groups is 1. The highest BCUT2D eigenvalue weighted by molar-refractivity contribution is 5.79. The summed E-state index contributed by atoms with van der Waals surface area (Å²) in [5, 5.41) is 10.6. The number of hydrogen-bond acceptors (Lipinski definition) is 5. The molecule has 8 heteroatoms. The topological polar surface area (TPSA) is 87.7 Å². The number of aliphatic imine (C=N–C) groups is 1. The molecule has 0 amide bonds. The largest absolute Gasteiger partial charge is 0.497 e. The Kier molecular flexibility index (Phi) is 7.26. The number of benzene rings is 2. The van der Waals surface area contributed by atoms with Gasteiger partial charge in [-0.05, 0) is 37.3 Å². The van der Waals surface area contributed by atoms with Crippen molar-refractivity contribution in [1.82, 2.24) is 25.4 Å². The molecule has 2 aromatic carbocycles. The lowest BCUT2D eigenvalue weighted by atomic mass is 10.2. The Morgan fingerprint density at radius 2 is 1.87 bits per heavy atom. The second-order valence-electron chi connectivity index (χ2n) is 6.67. The van der Waals surface area contributed by atoms with E-state index in [-0.39, 0.29) is 0 Å². The first-order valence-electron chi connectivity index (χ1n) is 9.81. The second kappa shape index (κ2) is 10.3. The fourth-order valence-electron chi connectivity index (χ4n) is 3.02. The predicted molar refractivity (Wildman–Crippen MR) is 118 cm³/mol. The van der Waals surface area contributed by atoms with Crippen molar-refractivity contribution in [1.29, 1.82) is 0 Å². The summed E-state index contributed by atoms with van der Waals surface area (Å²) in [7, 11) is 5.32. The third-order valence-corrected chi connectivity index (χ3v) is 4.56. The van der Waals surface area contributed by atoms with Crippen molar-refractivity contribution in [3.8, 4) is 22.9 Å². The van der Waals surface area contributed by atoms with E-state index >= 15 is 0 Å². The molecule has 0 saturated carbocycles. The van der Waals surface area contributed by atoms with E-state index in [1.807, 2.05) is 56.4 Å². The summed E-state index contributed by atoms with van der Waals surface area (Å²) in [5.74, 6) is 3.77. The Hall–Kier alpha value is -3.55. The first-order chi connectivity index (χ1) is 14.6. The Morgan fingerprint density at radius 3 is 2.57 bits per heavy atom. The lowest BCUT2D eigenvalue weighted by Gasteiger charge is -2.23. The van der Waals surface area contributed by atoms with Crippen LogP contribution in [0.25, 0.3) is 11.4 Å². The lowest BCUT2D eigenvalue weighted by Crippen LogP contribution is -2.38. The van der Waals surface area contributed by atoms with Gasteiger partial charge in [0.15, 0.2) is 11.8 Å². The van der Waals surface area contributed by atoms with E-state index in [9.17, 15) is 0 Å². The smallest absolute Gasteiger partial charge is 0.194 e. The number of aromatic amines is 1. The van der Waals surface area contributed by atoms with Crippen LogP contribution in [-0.4, -0.2) is 53.9 Å². The molecule has 1 heterocycles. The molecule has 0 aliphatic rings. The van der Waals surface area contributed by atoms with Crippen LogP contribution in [0.2, 0.25) is 0 Å². The molecule has 30 heavy (non-hydrogen) atoms. The van der Waals surface area contributed by atoms with Gasteiger partial charge in [0.1, 0.15) is 23.9 Å². The summed E-state index contributed by atoms with van der Waals surface area (Å²) in [6, 6.07) is 15.6. The van der Waals surface area contributed by atoms with Gasteiger partial charge >= 0.3 is 0 Å². The van der Waals surface area contributed by atoms with E-state index in [4.69, 9.17) is 14.5 Å². The molecule has 0 radical (unpaired) electrons. The summed E-state index contributed by atoms with van der Waals surface area (Å²) >= 11 is 0. The molecule has 0 aliphatic carbocycles. The van der Waals surface area contributed by atoms with E-state index in [0.29, 0.717) is 24.7 Å². The highest BCUT2D eigenvalue weighted by Gasteiger charge is 2.11. The average molecular weight is 409 g/mol. The number of nitrogens with one attached hydrogen (secondary N) is 2. The van der Waals surface area contributed by atoms with E-state index < -0.39 is 0 Å². The Morgan fingerprint density at radius 1 is 1.10 bits per heavy atom. The Balaban J connectivity index is 1.70. The van der Waals surface area contributed by atoms with Crippen LogP contribution in [0.4, 0.5) is 0 Å². The number of methoxy groups -OCH3 is 2. The fraction of sp³-hybridized carbons (Fsp3) is 0.318. The van der Waals surface area contributed by atoms with Gasteiger partial charge in [0.05, 0.1) is 14.2 Å². The van der Waals surface area contributed by atoms with Crippen LogP contribution in [0.5, 0.6) is 11.5 Å². The molecule has 0 atom stereocenters. The quantitative estimate of drug-likeness (QED) is 0.440. The predicted octanol–water partition coefficient (Wildman–Crippen LogP) is 3.09. The van der Waals surface area contributed by atoms with Gasteiger partial charge in [-0.2, -0.15) is 5.10 Å². The number of para-hydroxylation sites is 1. The number of H-pyrrole nitrogens is 1. The standard InChI is InChI=1S/C22H28N6O2/c1-5-23-22(28(2)15-17-8-6-7-9-19(17)30-4)24-14-20-25-21(27-26-20)16-10-12-18(29-3)13-11-16/h6-13H,5,14-15H2,1-4H3,(H,23,24)(H,25,26,27). The molecule has 3 aromatic rings. The first kappa shape index (κ1) is 21.2. The van der Waals surface area contributed by atoms with Gasteiger partial charge in [-0.1, -0.05) is 18.2 Å². The normalized spacial score (nSPS) is 11.3. The number of aromatic nitrogens is 3. The Bertz CT molecular complexity index is 968. The number of nitrogens with zero attached hydrogens (tertiary/aromatic N) is 4. The van der Waals surface area contributed by atoms with E-state index in [0.717, 1.165) is 35.1 Å². The van der Waals surface area contributed by atoms with Gasteiger partial charge in [0.2, 0.25) is 0 Å². The first-order valence-corrected chi connectivity index (χ1v) is 9.81. The van der Waals surface area contributed by atoms with Crippen LogP contribution in [0.1, 0.15) is 18.3 Å². The Labute approximate surface area is 177 Å². The van der Waals surface area contributed by atoms with Crippen molar-refractivity contribution in [2.24, 2.45) is 4.99 Å². The maximum Gasteiger partial charge on any atom is 0.194 e. The lowest BCUT2D eigenvalue weighted by molar-refractivity contribution is 0.396. The third-order valence-electron chi connectivity index (χ3n) is 4.56. The highest BCUT2D eigenvalue weighted by Crippen LogP contribution is 2.20. The molecule has 1 aromatic heterocycles. The molecule has 158 valence electrons. The molecule has 0 bridgehead atoms. The fourth-order valence-corrected chi connectivity index (χ4v) is 3.02.